The minimum Gasteiger partial charge on any atom is -0.0622 e. The van der Waals surface area contributed by atoms with Crippen LogP contribution in [0.15, 0.2) is 400 Å². The quantitative estimate of drug-likeness (QED) is 0.149. The van der Waals surface area contributed by atoms with Crippen LogP contribution in [0.2, 0.25) is 0 Å². The fraction of sp³-hybridized carbons (Fsp3) is 0.0600. The summed E-state index contributed by atoms with van der Waals surface area (Å²) in [5.74, 6) is 0. The number of hydrogen-bond donors (Lipinski definition) is 0. The number of hydrogen-bond acceptors (Lipinski definition) is 0. The van der Waals surface area contributed by atoms with Crippen molar-refractivity contribution in [1.82, 2.24) is 0 Å². The topological polar surface area (TPSA) is 0 Å². The Kier molecular flexibility index (Phi) is 22.8. The lowest BCUT2D eigenvalue weighted by atomic mass is 9.93. The molecule has 0 heteroatoms. The summed E-state index contributed by atoms with van der Waals surface area (Å²) >= 11 is 0. The van der Waals surface area contributed by atoms with Gasteiger partial charge in [0.05, 0.1) is 0 Å². The molecule has 0 atom stereocenters. The van der Waals surface area contributed by atoms with Gasteiger partial charge in [-0.1, -0.05) is 404 Å². The third-order valence-electron chi connectivity index (χ3n) is 18.1. The predicted octanol–water partition coefficient (Wildman–Crippen LogP) is 28.3. The van der Waals surface area contributed by atoms with E-state index in [0.717, 1.165) is 0 Å². The maximum absolute atomic E-state index is 2.29. The fourth-order valence-electron chi connectivity index (χ4n) is 12.9. The van der Waals surface area contributed by atoms with Crippen molar-refractivity contribution in [2.75, 3.05) is 0 Å². The van der Waals surface area contributed by atoms with Crippen molar-refractivity contribution in [3.05, 3.63) is 434 Å². The molecule has 0 aliphatic rings. The van der Waals surface area contributed by atoms with E-state index in [4.69, 9.17) is 0 Å². The molecular formula is C100H84. The van der Waals surface area contributed by atoms with Crippen LogP contribution in [-0.2, 0) is 0 Å². The molecule has 0 heterocycles. The van der Waals surface area contributed by atoms with Crippen molar-refractivity contribution in [1.29, 1.82) is 0 Å². The van der Waals surface area contributed by atoms with Gasteiger partial charge in [0.2, 0.25) is 0 Å². The van der Waals surface area contributed by atoms with Gasteiger partial charge in [0.25, 0.3) is 0 Å². The minimum atomic E-state index is 1.24. The monoisotopic (exact) mass is 1280 g/mol. The second-order valence-corrected chi connectivity index (χ2v) is 25.6. The molecule has 0 amide bonds. The lowest BCUT2D eigenvalue weighted by molar-refractivity contribution is 1.46. The van der Waals surface area contributed by atoms with E-state index in [0.29, 0.717) is 0 Å². The summed E-state index contributed by atoms with van der Waals surface area (Å²) < 4.78 is 0. The lowest BCUT2D eigenvalue weighted by Gasteiger charge is -2.11. The van der Waals surface area contributed by atoms with Gasteiger partial charge in [-0.25, -0.2) is 0 Å². The SMILES string of the molecule is Cc1ccc(-c2cccc3ccccc23)cc1.Cc1ccc(-c2ccccc2)c2ccccc12.Cc1ccc2ccccc2c1.Cc1cccc(-c2cc(-c3ccccc3)cc(-c3ccccc3)c2)c1.Cc1cccc(-c2ccccc2-c2ccccc2)c1.Cc1cccc2ccccc12. The molecule has 17 aromatic rings. The van der Waals surface area contributed by atoms with E-state index in [1.54, 1.807) is 0 Å². The molecular weight excluding hydrogens is 1200 g/mol. The second-order valence-electron chi connectivity index (χ2n) is 25.6. The first-order chi connectivity index (χ1) is 49.1. The summed E-state index contributed by atoms with van der Waals surface area (Å²) in [7, 11) is 0. The Morgan fingerprint density at radius 2 is 0.470 bits per heavy atom. The van der Waals surface area contributed by atoms with Crippen LogP contribution in [0.3, 0.4) is 0 Å². The number of rotatable bonds is 7. The first-order valence-corrected chi connectivity index (χ1v) is 34.6. The molecule has 0 aromatic heterocycles. The molecule has 0 saturated carbocycles. The van der Waals surface area contributed by atoms with Gasteiger partial charge in [-0.2, -0.15) is 0 Å². The zero-order valence-corrected chi connectivity index (χ0v) is 58.1. The molecule has 0 saturated heterocycles. The first kappa shape index (κ1) is 67.7. The Bertz CT molecular complexity index is 5380. The van der Waals surface area contributed by atoms with Crippen molar-refractivity contribution >= 4 is 43.1 Å². The summed E-state index contributed by atoms with van der Waals surface area (Å²) in [5.41, 5.74) is 25.7. The van der Waals surface area contributed by atoms with Gasteiger partial charge in [0.1, 0.15) is 0 Å². The average Bonchev–Trinajstić information content (AvgIpc) is 0.812. The lowest BCUT2D eigenvalue weighted by Crippen LogP contribution is -1.86. The van der Waals surface area contributed by atoms with Crippen molar-refractivity contribution in [2.24, 2.45) is 0 Å². The summed E-state index contributed by atoms with van der Waals surface area (Å²) in [6.07, 6.45) is 0. The Balaban J connectivity index is 0.000000116. The Labute approximate surface area is 592 Å². The van der Waals surface area contributed by atoms with E-state index in [1.165, 1.54) is 154 Å². The Hall–Kier alpha value is -12.2. The summed E-state index contributed by atoms with van der Waals surface area (Å²) in [6.45, 7) is 12.8. The van der Waals surface area contributed by atoms with Gasteiger partial charge in [0, 0.05) is 0 Å². The highest BCUT2D eigenvalue weighted by atomic mass is 14.1. The standard InChI is InChI=1S/C25H20.C19H16.2C17H14.2C11H10/c1-19-9-8-14-22(15-19)25-17-23(20-10-4-2-5-11-20)16-24(18-25)21-12-6-3-7-13-21;1-15-8-7-11-17(14-15)19-13-6-5-12-18(19)16-9-3-2-4-10-16;1-13-9-11-15(12-10-13)17-8-4-6-14-5-2-3-7-16(14)17;1-13-11-12-16(14-7-3-2-4-8-14)17-10-6-5-9-15(13)17;1-9-5-4-7-10-6-2-3-8-11(9)10;1-9-6-7-10-4-2-3-5-11(10)8-9/h2-18H,1H3;2-14H,1H3;2*2-12H,1H3;2*2-8H,1H3. The molecule has 0 spiro atoms. The van der Waals surface area contributed by atoms with Crippen molar-refractivity contribution in [2.45, 2.75) is 41.5 Å². The van der Waals surface area contributed by atoms with Gasteiger partial charge in [-0.05, 0) is 192 Å². The van der Waals surface area contributed by atoms with Gasteiger partial charge in [0.15, 0.2) is 0 Å². The van der Waals surface area contributed by atoms with Crippen LogP contribution in [0.5, 0.6) is 0 Å². The summed E-state index contributed by atoms with van der Waals surface area (Å²) in [6, 6.07) is 142. The van der Waals surface area contributed by atoms with E-state index < -0.39 is 0 Å². The van der Waals surface area contributed by atoms with E-state index in [-0.39, 0.29) is 0 Å². The number of benzene rings is 17. The zero-order chi connectivity index (χ0) is 68.8. The van der Waals surface area contributed by atoms with Crippen LogP contribution in [0.25, 0.3) is 121 Å². The van der Waals surface area contributed by atoms with Crippen LogP contribution in [0.1, 0.15) is 33.4 Å². The smallest absolute Gasteiger partial charge is 0.0103 e. The predicted molar refractivity (Wildman–Crippen MR) is 435 cm³/mol. The molecule has 0 aliphatic heterocycles. The summed E-state index contributed by atoms with van der Waals surface area (Å²) in [4.78, 5) is 0. The largest absolute Gasteiger partial charge is 0.0622 e. The molecule has 17 rings (SSSR count). The van der Waals surface area contributed by atoms with Crippen molar-refractivity contribution < 1.29 is 0 Å². The number of fused-ring (bicyclic) bond motifs is 4. The molecule has 0 radical (unpaired) electrons. The molecule has 0 unspecified atom stereocenters. The zero-order valence-electron chi connectivity index (χ0n) is 58.1. The highest BCUT2D eigenvalue weighted by Crippen LogP contribution is 2.36. The fourth-order valence-corrected chi connectivity index (χ4v) is 12.9. The van der Waals surface area contributed by atoms with Crippen LogP contribution < -0.4 is 0 Å². The van der Waals surface area contributed by atoms with Crippen LogP contribution in [-0.4, -0.2) is 0 Å². The maximum atomic E-state index is 2.29. The van der Waals surface area contributed by atoms with Crippen LogP contribution in [0.4, 0.5) is 0 Å². The van der Waals surface area contributed by atoms with Crippen LogP contribution >= 0.6 is 0 Å². The van der Waals surface area contributed by atoms with Gasteiger partial charge in [-0.3, -0.25) is 0 Å². The molecule has 0 bridgehead atoms. The summed E-state index contributed by atoms with van der Waals surface area (Å²) in [5, 5.41) is 10.6. The molecule has 484 valence electrons. The van der Waals surface area contributed by atoms with E-state index in [2.05, 4.69) is 442 Å². The van der Waals surface area contributed by atoms with Crippen molar-refractivity contribution in [3.63, 3.8) is 0 Å². The average molecular weight is 1290 g/mol. The molecule has 0 nitrogen and oxygen atoms in total. The van der Waals surface area contributed by atoms with Gasteiger partial charge in [-0.15, -0.1) is 0 Å². The van der Waals surface area contributed by atoms with Crippen LogP contribution in [0, 0.1) is 41.5 Å². The normalized spacial score (nSPS) is 10.5. The van der Waals surface area contributed by atoms with Crippen molar-refractivity contribution in [3.8, 4) is 77.9 Å². The maximum Gasteiger partial charge on any atom is -0.0103 e. The van der Waals surface area contributed by atoms with E-state index >= 15 is 0 Å². The third kappa shape index (κ3) is 17.7. The van der Waals surface area contributed by atoms with E-state index in [9.17, 15) is 0 Å². The third-order valence-corrected chi connectivity index (χ3v) is 18.1. The molecule has 0 N–H and O–H groups in total. The molecule has 100 heavy (non-hydrogen) atoms. The Morgan fingerprint density at radius 3 is 1.04 bits per heavy atom. The molecule has 0 fully saturated rings. The van der Waals surface area contributed by atoms with E-state index in [1.807, 2.05) is 0 Å². The number of aryl methyl sites for hydroxylation is 6. The van der Waals surface area contributed by atoms with Gasteiger partial charge >= 0.3 is 0 Å². The Morgan fingerprint density at radius 1 is 0.130 bits per heavy atom. The second kappa shape index (κ2) is 33.6. The van der Waals surface area contributed by atoms with Gasteiger partial charge < -0.3 is 0 Å². The highest BCUT2D eigenvalue weighted by Gasteiger charge is 2.10. The molecule has 17 aromatic carbocycles. The minimum absolute atomic E-state index is 1.24. The molecule has 0 aliphatic carbocycles. The highest BCUT2D eigenvalue weighted by molar-refractivity contribution is 5.99. The first-order valence-electron chi connectivity index (χ1n) is 34.6.